The van der Waals surface area contributed by atoms with Crippen LogP contribution in [0.1, 0.15) is 37.3 Å². The van der Waals surface area contributed by atoms with Gasteiger partial charge in [-0.3, -0.25) is 0 Å². The molecule has 5 heterocycles. The summed E-state index contributed by atoms with van der Waals surface area (Å²) < 4.78 is 0. The first kappa shape index (κ1) is 23.5. The van der Waals surface area contributed by atoms with Gasteiger partial charge in [0.2, 0.25) is 0 Å². The van der Waals surface area contributed by atoms with Crippen molar-refractivity contribution in [3.05, 3.63) is 45.8 Å². The van der Waals surface area contributed by atoms with E-state index in [4.69, 9.17) is 16.6 Å². The quantitative estimate of drug-likeness (QED) is 0.509. The molecule has 0 unspecified atom stereocenters. The summed E-state index contributed by atoms with van der Waals surface area (Å²) in [6.07, 6.45) is 10.2. The number of hydrogen-bond acceptors (Lipinski definition) is 9. The molecule has 3 aromatic rings. The van der Waals surface area contributed by atoms with Crippen LogP contribution in [0.25, 0.3) is 0 Å². The molecule has 1 N–H and O–H groups in total. The smallest absolute Gasteiger partial charge is 0.148 e. The Labute approximate surface area is 219 Å². The van der Waals surface area contributed by atoms with Crippen molar-refractivity contribution in [1.29, 1.82) is 0 Å². The van der Waals surface area contributed by atoms with Gasteiger partial charge < -0.3 is 14.9 Å². The van der Waals surface area contributed by atoms with E-state index in [0.717, 1.165) is 54.2 Å². The van der Waals surface area contributed by atoms with Crippen molar-refractivity contribution in [3.8, 4) is 0 Å². The minimum Gasteiger partial charge on any atom is -0.390 e. The fourth-order valence-electron chi connectivity index (χ4n) is 5.35. The molecule has 184 valence electrons. The summed E-state index contributed by atoms with van der Waals surface area (Å²) in [6.45, 7) is 7.23. The van der Waals surface area contributed by atoms with Gasteiger partial charge in [-0.15, -0.1) is 11.3 Å². The third kappa shape index (κ3) is 4.52. The fourth-order valence-corrected chi connectivity index (χ4v) is 7.41. The molecule has 2 saturated heterocycles. The van der Waals surface area contributed by atoms with Gasteiger partial charge in [0.05, 0.1) is 34.2 Å². The second-order valence-corrected chi connectivity index (χ2v) is 13.0. The summed E-state index contributed by atoms with van der Waals surface area (Å²) in [4.78, 5) is 25.3. The number of anilines is 2. The van der Waals surface area contributed by atoms with Gasteiger partial charge in [-0.05, 0) is 51.0 Å². The lowest BCUT2D eigenvalue weighted by Crippen LogP contribution is -2.56. The Hall–Kier alpha value is -1.94. The number of aliphatic hydroxyl groups is 1. The second kappa shape index (κ2) is 8.87. The molecule has 35 heavy (non-hydrogen) atoms. The first-order chi connectivity index (χ1) is 16.8. The maximum absolute atomic E-state index is 10.2. The fraction of sp³-hybridized carbons (Fsp3) is 0.520. The number of piperidine rings is 1. The minimum absolute atomic E-state index is 0.220. The van der Waals surface area contributed by atoms with Crippen LogP contribution < -0.4 is 9.80 Å². The second-order valence-electron chi connectivity index (χ2n) is 10.6. The molecular formula is C25H29ClN6OS2. The van der Waals surface area contributed by atoms with Crippen molar-refractivity contribution in [2.45, 2.75) is 55.1 Å². The van der Waals surface area contributed by atoms with Gasteiger partial charge in [-0.2, -0.15) is 0 Å². The molecular weight excluding hydrogens is 500 g/mol. The SMILES string of the molecule is CC(C)(O)C1CN(c2nccc(Sc3cnc(N4CCC5(CC4)Cc4ncsc4C5)cn3)c2Cl)C1. The summed E-state index contributed by atoms with van der Waals surface area (Å²) >= 11 is 10.0. The van der Waals surface area contributed by atoms with Gasteiger partial charge in [-0.25, -0.2) is 19.9 Å². The van der Waals surface area contributed by atoms with Gasteiger partial charge in [0.25, 0.3) is 0 Å². The minimum atomic E-state index is -0.691. The van der Waals surface area contributed by atoms with Gasteiger partial charge >= 0.3 is 0 Å². The number of pyridine rings is 1. The molecule has 0 bridgehead atoms. The Kier molecular flexibility index (Phi) is 5.94. The molecule has 6 rings (SSSR count). The molecule has 0 saturated carbocycles. The van der Waals surface area contributed by atoms with Gasteiger partial charge in [0, 0.05) is 48.1 Å². The zero-order valence-corrected chi connectivity index (χ0v) is 22.3. The molecule has 0 aromatic carbocycles. The van der Waals surface area contributed by atoms with E-state index in [0.29, 0.717) is 10.4 Å². The van der Waals surface area contributed by atoms with E-state index in [1.165, 1.54) is 41.6 Å². The Balaban J connectivity index is 1.08. The summed E-state index contributed by atoms with van der Waals surface area (Å²) in [5.74, 6) is 1.92. The van der Waals surface area contributed by atoms with Crippen molar-refractivity contribution in [2.75, 3.05) is 36.0 Å². The zero-order valence-electron chi connectivity index (χ0n) is 19.9. The van der Waals surface area contributed by atoms with E-state index in [9.17, 15) is 5.11 Å². The molecule has 7 nitrogen and oxygen atoms in total. The molecule has 0 radical (unpaired) electrons. The number of rotatable bonds is 5. The van der Waals surface area contributed by atoms with Crippen molar-refractivity contribution >= 4 is 46.3 Å². The van der Waals surface area contributed by atoms with Crippen LogP contribution in [-0.2, 0) is 12.8 Å². The Morgan fingerprint density at radius 1 is 1.09 bits per heavy atom. The molecule has 0 amide bonds. The number of nitrogens with zero attached hydrogens (tertiary/aromatic N) is 6. The van der Waals surface area contributed by atoms with Crippen LogP contribution in [0.4, 0.5) is 11.6 Å². The van der Waals surface area contributed by atoms with Crippen LogP contribution in [0.3, 0.4) is 0 Å². The number of hydrogen-bond donors (Lipinski definition) is 1. The molecule has 0 atom stereocenters. The van der Waals surface area contributed by atoms with Gasteiger partial charge in [-0.1, -0.05) is 23.4 Å². The predicted molar refractivity (Wildman–Crippen MR) is 141 cm³/mol. The van der Waals surface area contributed by atoms with Crippen LogP contribution in [0.15, 0.2) is 40.1 Å². The number of aromatic nitrogens is 4. The topological polar surface area (TPSA) is 78.3 Å². The maximum atomic E-state index is 10.2. The first-order valence-electron chi connectivity index (χ1n) is 12.1. The van der Waals surface area contributed by atoms with Crippen molar-refractivity contribution in [1.82, 2.24) is 19.9 Å². The molecule has 2 aliphatic heterocycles. The molecule has 3 aliphatic rings. The zero-order chi connectivity index (χ0) is 24.2. The Morgan fingerprint density at radius 3 is 2.57 bits per heavy atom. The van der Waals surface area contributed by atoms with E-state index in [1.54, 1.807) is 6.20 Å². The third-order valence-electron chi connectivity index (χ3n) is 7.80. The third-order valence-corrected chi connectivity index (χ3v) is 10.1. The average molecular weight is 529 g/mol. The van der Waals surface area contributed by atoms with Gasteiger partial charge in [0.15, 0.2) is 0 Å². The normalized spacial score (nSPS) is 19.8. The van der Waals surface area contributed by atoms with E-state index < -0.39 is 5.60 Å². The highest BCUT2D eigenvalue weighted by Gasteiger charge is 2.41. The van der Waals surface area contributed by atoms with Gasteiger partial charge in [0.1, 0.15) is 16.7 Å². The first-order valence-corrected chi connectivity index (χ1v) is 14.1. The standard InChI is InChI=1S/C25H29ClN6OS2/c1-24(2,33)16-13-32(14-16)23-22(26)18(3-6-27-23)35-21-12-28-20(11-29-21)31-7-4-25(5-8-31)9-17-19(10-25)34-15-30-17/h3,6,11-12,15-16,33H,4-5,7-10,13-14H2,1-2H3. The predicted octanol–water partition coefficient (Wildman–Crippen LogP) is 4.73. The van der Waals surface area contributed by atoms with Crippen LogP contribution in [0, 0.1) is 11.3 Å². The lowest BCUT2D eigenvalue weighted by atomic mass is 9.76. The van der Waals surface area contributed by atoms with E-state index >= 15 is 0 Å². The van der Waals surface area contributed by atoms with Crippen molar-refractivity contribution < 1.29 is 5.11 Å². The number of halogens is 1. The van der Waals surface area contributed by atoms with E-state index in [1.807, 2.05) is 49.2 Å². The summed E-state index contributed by atoms with van der Waals surface area (Å²) in [5, 5.41) is 11.6. The largest absolute Gasteiger partial charge is 0.390 e. The number of fused-ring (bicyclic) bond motifs is 1. The van der Waals surface area contributed by atoms with Crippen LogP contribution in [0.2, 0.25) is 5.02 Å². The lowest BCUT2D eigenvalue weighted by molar-refractivity contribution is 0.00438. The van der Waals surface area contributed by atoms with Crippen molar-refractivity contribution in [2.24, 2.45) is 11.3 Å². The highest BCUT2D eigenvalue weighted by molar-refractivity contribution is 7.99. The highest BCUT2D eigenvalue weighted by atomic mass is 35.5. The lowest BCUT2D eigenvalue weighted by Gasteiger charge is -2.46. The maximum Gasteiger partial charge on any atom is 0.148 e. The van der Waals surface area contributed by atoms with Crippen molar-refractivity contribution in [3.63, 3.8) is 0 Å². The Morgan fingerprint density at radius 2 is 1.89 bits per heavy atom. The Bertz CT molecular complexity index is 1190. The molecule has 3 aromatic heterocycles. The van der Waals surface area contributed by atoms with Crippen LogP contribution >= 0.6 is 34.7 Å². The molecule has 2 fully saturated rings. The monoisotopic (exact) mass is 528 g/mol. The van der Waals surface area contributed by atoms with E-state index in [2.05, 4.69) is 24.8 Å². The molecule has 1 aliphatic carbocycles. The average Bonchev–Trinajstić information content (AvgIpc) is 3.35. The van der Waals surface area contributed by atoms with Crippen LogP contribution in [0.5, 0.6) is 0 Å². The summed E-state index contributed by atoms with van der Waals surface area (Å²) in [6, 6.07) is 1.92. The highest BCUT2D eigenvalue weighted by Crippen LogP contribution is 2.46. The van der Waals surface area contributed by atoms with E-state index in [-0.39, 0.29) is 5.92 Å². The van der Waals surface area contributed by atoms with Crippen LogP contribution in [-0.4, -0.2) is 56.8 Å². The molecule has 1 spiro atoms. The number of thiazole rings is 1. The summed E-state index contributed by atoms with van der Waals surface area (Å²) in [7, 11) is 0. The molecule has 10 heteroatoms. The summed E-state index contributed by atoms with van der Waals surface area (Å²) in [5.41, 5.74) is 3.02.